The number of allylic oxidation sites excluding steroid dienone is 1. The van der Waals surface area contributed by atoms with Gasteiger partial charge in [0, 0.05) is 33.5 Å². The number of carbonyl (C=O) groups excluding carboxylic acids is 1. The molecule has 4 heteroatoms. The normalized spacial score (nSPS) is 15.5. The molecular formula is C28H22N2OS. The van der Waals surface area contributed by atoms with Gasteiger partial charge in [-0.3, -0.25) is 4.79 Å². The molecule has 2 aliphatic rings. The van der Waals surface area contributed by atoms with Crippen molar-refractivity contribution < 1.29 is 4.79 Å². The molecule has 1 amide bonds. The highest BCUT2D eigenvalue weighted by atomic mass is 32.2. The van der Waals surface area contributed by atoms with E-state index in [0.29, 0.717) is 5.57 Å². The Balaban J connectivity index is 1.69. The van der Waals surface area contributed by atoms with Crippen molar-refractivity contribution in [2.45, 2.75) is 30.6 Å². The number of hydrogen-bond acceptors (Lipinski definition) is 3. The summed E-state index contributed by atoms with van der Waals surface area (Å²) in [6.07, 6.45) is 6.51. The number of nitrogens with two attached hydrogens (primary N) is 1. The second kappa shape index (κ2) is 7.64. The summed E-state index contributed by atoms with van der Waals surface area (Å²) >= 11 is 1.41. The Morgan fingerprint density at radius 1 is 0.875 bits per heavy atom. The van der Waals surface area contributed by atoms with Crippen LogP contribution in [0, 0.1) is 0 Å². The number of nitrogens with zero attached hydrogens (tertiary/aromatic N) is 1. The van der Waals surface area contributed by atoms with Gasteiger partial charge in [-0.2, -0.15) is 0 Å². The molecule has 0 atom stereocenters. The number of benzene rings is 4. The van der Waals surface area contributed by atoms with E-state index in [-0.39, 0.29) is 0 Å². The maximum Gasteiger partial charge on any atom is 0.249 e. The Hall–Kier alpha value is -3.37. The monoisotopic (exact) mass is 434 g/mol. The number of primary amides is 1. The highest BCUT2D eigenvalue weighted by molar-refractivity contribution is 7.98. The molecule has 156 valence electrons. The second-order valence-electron chi connectivity index (χ2n) is 8.46. The smallest absolute Gasteiger partial charge is 0.249 e. The topological polar surface area (TPSA) is 55.5 Å². The Morgan fingerprint density at radius 3 is 2.59 bits per heavy atom. The standard InChI is InChI=1S/C28H22N2OS/c29-28(31)23-16-25(30-32-26-12-6-5-11-21(23)26)24-15-18-8-2-3-9-19(18)22-14-13-17-7-1-4-10-20(17)27(22)24/h2-3,5-6,8-9,11-16H,1,4,7,10H2,(H2,29,31). The molecule has 0 saturated heterocycles. The quantitative estimate of drug-likeness (QED) is 0.299. The zero-order valence-corrected chi connectivity index (χ0v) is 18.4. The van der Waals surface area contributed by atoms with Gasteiger partial charge in [0.2, 0.25) is 5.91 Å². The van der Waals surface area contributed by atoms with E-state index in [2.05, 4.69) is 42.5 Å². The van der Waals surface area contributed by atoms with Crippen molar-refractivity contribution in [1.29, 1.82) is 0 Å². The number of hydrogen-bond donors (Lipinski definition) is 1. The van der Waals surface area contributed by atoms with Crippen molar-refractivity contribution in [2.24, 2.45) is 10.1 Å². The predicted octanol–water partition coefficient (Wildman–Crippen LogP) is 6.25. The highest BCUT2D eigenvalue weighted by Gasteiger charge is 2.22. The van der Waals surface area contributed by atoms with E-state index in [4.69, 9.17) is 10.1 Å². The van der Waals surface area contributed by atoms with E-state index >= 15 is 0 Å². The summed E-state index contributed by atoms with van der Waals surface area (Å²) in [5.74, 6) is -0.431. The molecule has 0 aromatic heterocycles. The van der Waals surface area contributed by atoms with Crippen molar-refractivity contribution in [3.05, 3.63) is 95.1 Å². The van der Waals surface area contributed by atoms with Crippen molar-refractivity contribution in [3.63, 3.8) is 0 Å². The fourth-order valence-electron chi connectivity index (χ4n) is 5.10. The first kappa shape index (κ1) is 19.3. The fourth-order valence-corrected chi connectivity index (χ4v) is 5.86. The molecule has 4 aromatic rings. The molecule has 4 aromatic carbocycles. The lowest BCUT2D eigenvalue weighted by Crippen LogP contribution is -2.15. The third-order valence-electron chi connectivity index (χ3n) is 6.59. The third kappa shape index (κ3) is 3.06. The Labute approximate surface area is 191 Å². The molecule has 1 aliphatic heterocycles. The van der Waals surface area contributed by atoms with Gasteiger partial charge in [0.15, 0.2) is 0 Å². The second-order valence-corrected chi connectivity index (χ2v) is 9.27. The molecule has 1 heterocycles. The van der Waals surface area contributed by atoms with Gasteiger partial charge in [-0.25, -0.2) is 4.40 Å². The molecule has 0 saturated carbocycles. The van der Waals surface area contributed by atoms with E-state index in [0.717, 1.165) is 34.6 Å². The van der Waals surface area contributed by atoms with Gasteiger partial charge in [0.25, 0.3) is 0 Å². The predicted molar refractivity (Wildman–Crippen MR) is 134 cm³/mol. The maximum absolute atomic E-state index is 12.4. The van der Waals surface area contributed by atoms with Crippen LogP contribution in [0.5, 0.6) is 0 Å². The van der Waals surface area contributed by atoms with Gasteiger partial charge in [-0.1, -0.05) is 54.6 Å². The molecule has 6 rings (SSSR count). The van der Waals surface area contributed by atoms with Gasteiger partial charge < -0.3 is 5.73 Å². The van der Waals surface area contributed by atoms with Gasteiger partial charge in [0.05, 0.1) is 5.71 Å². The number of amides is 1. The number of carbonyl (C=O) groups is 1. The molecule has 0 spiro atoms. The summed E-state index contributed by atoms with van der Waals surface area (Å²) in [6.45, 7) is 0. The third-order valence-corrected chi connectivity index (χ3v) is 7.44. The average Bonchev–Trinajstić information content (AvgIpc) is 3.03. The van der Waals surface area contributed by atoms with Gasteiger partial charge >= 0.3 is 0 Å². The minimum Gasteiger partial charge on any atom is -0.366 e. The molecule has 32 heavy (non-hydrogen) atoms. The van der Waals surface area contributed by atoms with Crippen LogP contribution in [0.2, 0.25) is 0 Å². The lowest BCUT2D eigenvalue weighted by molar-refractivity contribution is -0.112. The molecule has 2 N–H and O–H groups in total. The Kier molecular flexibility index (Phi) is 4.62. The molecular weight excluding hydrogens is 412 g/mol. The van der Waals surface area contributed by atoms with E-state index < -0.39 is 5.91 Å². The van der Waals surface area contributed by atoms with Crippen LogP contribution >= 0.6 is 11.9 Å². The van der Waals surface area contributed by atoms with E-state index in [1.807, 2.05) is 30.3 Å². The summed E-state index contributed by atoms with van der Waals surface area (Å²) in [7, 11) is 0. The van der Waals surface area contributed by atoms with Crippen LogP contribution in [0.1, 0.15) is 35.1 Å². The summed E-state index contributed by atoms with van der Waals surface area (Å²) in [5, 5.41) is 4.95. The number of rotatable bonds is 2. The Morgan fingerprint density at radius 2 is 1.69 bits per heavy atom. The maximum atomic E-state index is 12.4. The number of fused-ring (bicyclic) bond motifs is 6. The van der Waals surface area contributed by atoms with Crippen LogP contribution in [0.25, 0.3) is 27.1 Å². The van der Waals surface area contributed by atoms with E-state index in [1.54, 1.807) is 0 Å². The first-order valence-corrected chi connectivity index (χ1v) is 11.8. The first-order chi connectivity index (χ1) is 15.7. The van der Waals surface area contributed by atoms with Gasteiger partial charge in [-0.05, 0) is 76.6 Å². The SMILES string of the molecule is NC(=O)C1=CC(c2cc3ccccc3c3ccc4c(c23)CCCC4)=NSc2ccccc21. The van der Waals surface area contributed by atoms with Crippen LogP contribution in [0.4, 0.5) is 0 Å². The lowest BCUT2D eigenvalue weighted by Gasteiger charge is -2.21. The van der Waals surface area contributed by atoms with Crippen LogP contribution in [-0.4, -0.2) is 11.6 Å². The molecule has 0 unspecified atom stereocenters. The van der Waals surface area contributed by atoms with Crippen molar-refractivity contribution in [3.8, 4) is 0 Å². The van der Waals surface area contributed by atoms with Crippen LogP contribution < -0.4 is 5.73 Å². The fraction of sp³-hybridized carbons (Fsp3) is 0.143. The van der Waals surface area contributed by atoms with E-state index in [1.165, 1.54) is 57.5 Å². The summed E-state index contributed by atoms with van der Waals surface area (Å²) < 4.78 is 4.92. The van der Waals surface area contributed by atoms with Gasteiger partial charge in [0.1, 0.15) is 0 Å². The lowest BCUT2D eigenvalue weighted by atomic mass is 9.83. The largest absolute Gasteiger partial charge is 0.366 e. The first-order valence-electron chi connectivity index (χ1n) is 11.0. The summed E-state index contributed by atoms with van der Waals surface area (Å²) in [4.78, 5) is 13.4. The summed E-state index contributed by atoms with van der Waals surface area (Å²) in [5.41, 5.74) is 11.9. The zero-order valence-electron chi connectivity index (χ0n) is 17.6. The van der Waals surface area contributed by atoms with Crippen molar-refractivity contribution in [2.75, 3.05) is 0 Å². The van der Waals surface area contributed by atoms with Crippen LogP contribution in [-0.2, 0) is 17.6 Å². The van der Waals surface area contributed by atoms with Crippen molar-refractivity contribution in [1.82, 2.24) is 0 Å². The van der Waals surface area contributed by atoms with Crippen LogP contribution in [0.3, 0.4) is 0 Å². The van der Waals surface area contributed by atoms with E-state index in [9.17, 15) is 4.79 Å². The molecule has 0 fully saturated rings. The highest BCUT2D eigenvalue weighted by Crippen LogP contribution is 2.39. The minimum atomic E-state index is -0.431. The average molecular weight is 435 g/mol. The number of aryl methyl sites for hydroxylation is 2. The van der Waals surface area contributed by atoms with Gasteiger partial charge in [-0.15, -0.1) is 0 Å². The van der Waals surface area contributed by atoms with Crippen molar-refractivity contribution >= 4 is 50.7 Å². The summed E-state index contributed by atoms with van der Waals surface area (Å²) in [6, 6.07) is 23.1. The molecule has 3 nitrogen and oxygen atoms in total. The Bertz CT molecular complexity index is 1480. The molecule has 0 radical (unpaired) electrons. The zero-order chi connectivity index (χ0) is 21.7. The molecule has 0 bridgehead atoms. The minimum absolute atomic E-state index is 0.431. The molecule has 1 aliphatic carbocycles. The van der Waals surface area contributed by atoms with Crippen LogP contribution in [0.15, 0.2) is 82.1 Å².